The van der Waals surface area contributed by atoms with E-state index in [1.54, 1.807) is 41.4 Å². The molecule has 0 aromatic heterocycles. The van der Waals surface area contributed by atoms with Crippen LogP contribution in [0.1, 0.15) is 6.92 Å². The number of sulfonamides is 1. The molecule has 2 heterocycles. The number of hydrogen-bond donors (Lipinski definition) is 1. The lowest BCUT2D eigenvalue weighted by molar-refractivity contribution is -0.148. The zero-order valence-electron chi connectivity index (χ0n) is 14.3. The molecule has 0 saturated heterocycles. The van der Waals surface area contributed by atoms with Crippen LogP contribution in [0.2, 0.25) is 5.02 Å². The summed E-state index contributed by atoms with van der Waals surface area (Å²) in [6, 6.07) is 6.65. The number of anilines is 1. The second kappa shape index (κ2) is 7.53. The van der Waals surface area contributed by atoms with Crippen LogP contribution in [0.5, 0.6) is 0 Å². The van der Waals surface area contributed by atoms with Gasteiger partial charge in [-0.15, -0.1) is 4.40 Å². The van der Waals surface area contributed by atoms with Crippen LogP contribution in [0.4, 0.5) is 5.69 Å². The predicted molar refractivity (Wildman–Crippen MR) is 101 cm³/mol. The normalized spacial score (nSPS) is 18.7. The van der Waals surface area contributed by atoms with E-state index in [-0.39, 0.29) is 23.7 Å². The highest BCUT2D eigenvalue weighted by atomic mass is 35.5. The molecule has 1 N–H and O–H groups in total. The second-order valence-electron chi connectivity index (χ2n) is 5.83. The van der Waals surface area contributed by atoms with Gasteiger partial charge in [-0.2, -0.15) is 0 Å². The first kappa shape index (κ1) is 19.1. The number of benzene rings is 1. The number of amidine groups is 1. The van der Waals surface area contributed by atoms with Gasteiger partial charge in [-0.25, -0.2) is 13.2 Å². The Balaban J connectivity index is 1.72. The first-order valence-electron chi connectivity index (χ1n) is 8.01. The van der Waals surface area contributed by atoms with Gasteiger partial charge < -0.3 is 15.0 Å². The van der Waals surface area contributed by atoms with E-state index in [1.807, 2.05) is 0 Å². The van der Waals surface area contributed by atoms with Crippen LogP contribution in [0.3, 0.4) is 0 Å². The van der Waals surface area contributed by atoms with Gasteiger partial charge in [-0.05, 0) is 31.2 Å². The Bertz CT molecular complexity index is 984. The Labute approximate surface area is 161 Å². The van der Waals surface area contributed by atoms with E-state index < -0.39 is 28.0 Å². The fourth-order valence-corrected chi connectivity index (χ4v) is 3.62. The third kappa shape index (κ3) is 4.37. The molecular weight excluding hydrogens is 394 g/mol. The molecule has 2 aliphatic rings. The number of carbonyl (C=O) groups excluding carboxylic acids is 2. The molecule has 3 rings (SSSR count). The molecule has 0 fully saturated rings. The summed E-state index contributed by atoms with van der Waals surface area (Å²) in [4.78, 5) is 26.3. The van der Waals surface area contributed by atoms with Crippen molar-refractivity contribution < 1.29 is 22.7 Å². The van der Waals surface area contributed by atoms with Gasteiger partial charge >= 0.3 is 5.97 Å². The van der Waals surface area contributed by atoms with Gasteiger partial charge in [-0.3, -0.25) is 4.79 Å². The molecule has 0 spiro atoms. The van der Waals surface area contributed by atoms with E-state index in [0.29, 0.717) is 10.7 Å². The van der Waals surface area contributed by atoms with E-state index in [1.165, 1.54) is 13.0 Å². The molecule has 1 amide bonds. The fraction of sp³-hybridized carbons (Fsp3) is 0.235. The minimum Gasteiger partial charge on any atom is -0.449 e. The van der Waals surface area contributed by atoms with Gasteiger partial charge in [0.05, 0.1) is 16.5 Å². The molecule has 1 atom stereocenters. The van der Waals surface area contributed by atoms with Crippen molar-refractivity contribution in [3.8, 4) is 0 Å². The molecule has 0 unspecified atom stereocenters. The number of hydrogen-bond acceptors (Lipinski definition) is 6. The lowest BCUT2D eigenvalue weighted by Gasteiger charge is -2.28. The van der Waals surface area contributed by atoms with Crippen molar-refractivity contribution in [2.24, 2.45) is 4.40 Å². The summed E-state index contributed by atoms with van der Waals surface area (Å²) in [6.07, 6.45) is 3.48. The number of allylic oxidation sites excluding steroid dienone is 2. The third-order valence-electron chi connectivity index (χ3n) is 3.86. The zero-order chi connectivity index (χ0) is 19.6. The average molecular weight is 410 g/mol. The highest BCUT2D eigenvalue weighted by molar-refractivity contribution is 7.90. The average Bonchev–Trinajstić information content (AvgIpc) is 2.62. The van der Waals surface area contributed by atoms with Crippen LogP contribution in [0.15, 0.2) is 52.6 Å². The van der Waals surface area contributed by atoms with Gasteiger partial charge in [0.15, 0.2) is 11.9 Å². The van der Waals surface area contributed by atoms with Crippen molar-refractivity contribution in [1.29, 1.82) is 0 Å². The monoisotopic (exact) mass is 409 g/mol. The molecule has 8 nitrogen and oxygen atoms in total. The summed E-state index contributed by atoms with van der Waals surface area (Å²) < 4.78 is 32.3. The van der Waals surface area contributed by atoms with Gasteiger partial charge in [-0.1, -0.05) is 23.7 Å². The number of halogens is 1. The maximum Gasteiger partial charge on any atom is 0.342 e. The maximum absolute atomic E-state index is 12.5. The minimum absolute atomic E-state index is 0.00698. The molecule has 0 bridgehead atoms. The molecule has 0 aliphatic carbocycles. The SMILES string of the molecule is C[C@H](OC(=O)C1=CC=CN2CCS(=O)(=O)N=C12)C(=O)Nc1ccccc1Cl. The van der Waals surface area contributed by atoms with E-state index in [2.05, 4.69) is 9.71 Å². The van der Waals surface area contributed by atoms with Crippen LogP contribution < -0.4 is 5.32 Å². The van der Waals surface area contributed by atoms with Crippen molar-refractivity contribution in [3.63, 3.8) is 0 Å². The van der Waals surface area contributed by atoms with Gasteiger partial charge in [0.1, 0.15) is 5.57 Å². The summed E-state index contributed by atoms with van der Waals surface area (Å²) in [5, 5.41) is 2.92. The molecule has 142 valence electrons. The number of amides is 1. The van der Waals surface area contributed by atoms with E-state index in [0.717, 1.165) is 0 Å². The van der Waals surface area contributed by atoms with Crippen LogP contribution >= 0.6 is 11.6 Å². The Morgan fingerprint density at radius 1 is 1.33 bits per heavy atom. The van der Waals surface area contributed by atoms with E-state index in [9.17, 15) is 18.0 Å². The molecule has 0 radical (unpaired) electrons. The highest BCUT2D eigenvalue weighted by Gasteiger charge is 2.32. The smallest absolute Gasteiger partial charge is 0.342 e. The topological polar surface area (TPSA) is 105 Å². The highest BCUT2D eigenvalue weighted by Crippen LogP contribution is 2.22. The maximum atomic E-state index is 12.5. The number of carbonyl (C=O) groups is 2. The standard InChI is InChI=1S/C17H16ClN3O5S/c1-11(16(22)19-14-7-3-2-6-13(14)18)26-17(23)12-5-4-8-21-9-10-27(24,25)20-15(12)21/h2-8,11H,9-10H2,1H3,(H,19,22)/t11-/m0/s1. The van der Waals surface area contributed by atoms with Crippen LogP contribution in [0.25, 0.3) is 0 Å². The molecular formula is C17H16ClN3O5S. The summed E-state index contributed by atoms with van der Waals surface area (Å²) in [6.45, 7) is 1.59. The Kier molecular flexibility index (Phi) is 5.33. The van der Waals surface area contributed by atoms with Crippen molar-refractivity contribution in [2.75, 3.05) is 17.6 Å². The van der Waals surface area contributed by atoms with Crippen LogP contribution in [-0.4, -0.2) is 49.4 Å². The number of para-hydroxylation sites is 1. The van der Waals surface area contributed by atoms with Crippen molar-refractivity contribution >= 4 is 45.0 Å². The summed E-state index contributed by atoms with van der Waals surface area (Å²) in [7, 11) is -3.64. The summed E-state index contributed by atoms with van der Waals surface area (Å²) in [5.41, 5.74) is 0.360. The number of nitrogens with zero attached hydrogens (tertiary/aromatic N) is 2. The van der Waals surface area contributed by atoms with E-state index in [4.69, 9.17) is 16.3 Å². The van der Waals surface area contributed by atoms with Gasteiger partial charge in [0.2, 0.25) is 0 Å². The largest absolute Gasteiger partial charge is 0.449 e. The molecule has 2 aliphatic heterocycles. The van der Waals surface area contributed by atoms with Crippen molar-refractivity contribution in [2.45, 2.75) is 13.0 Å². The second-order valence-corrected chi connectivity index (χ2v) is 7.99. The fourth-order valence-electron chi connectivity index (χ4n) is 2.45. The number of ether oxygens (including phenoxy) is 1. The van der Waals surface area contributed by atoms with Gasteiger partial charge in [0, 0.05) is 12.7 Å². The third-order valence-corrected chi connectivity index (χ3v) is 5.34. The molecule has 0 saturated carbocycles. The van der Waals surface area contributed by atoms with E-state index >= 15 is 0 Å². The van der Waals surface area contributed by atoms with Crippen LogP contribution in [-0.2, 0) is 24.3 Å². The van der Waals surface area contributed by atoms with Crippen molar-refractivity contribution in [3.05, 3.63) is 53.2 Å². The van der Waals surface area contributed by atoms with Gasteiger partial charge in [0.25, 0.3) is 15.9 Å². The number of esters is 1. The summed E-state index contributed by atoms with van der Waals surface area (Å²) in [5.74, 6) is -1.56. The Morgan fingerprint density at radius 2 is 2.07 bits per heavy atom. The number of rotatable bonds is 4. The molecule has 1 aromatic carbocycles. The summed E-state index contributed by atoms with van der Waals surface area (Å²) >= 11 is 5.99. The predicted octanol–water partition coefficient (Wildman–Crippen LogP) is 1.71. The molecule has 27 heavy (non-hydrogen) atoms. The Hall–Kier alpha value is -2.65. The minimum atomic E-state index is -3.64. The zero-order valence-corrected chi connectivity index (χ0v) is 15.8. The van der Waals surface area contributed by atoms with Crippen molar-refractivity contribution in [1.82, 2.24) is 4.90 Å². The lowest BCUT2D eigenvalue weighted by atomic mass is 10.1. The first-order chi connectivity index (χ1) is 12.8. The number of nitrogens with one attached hydrogen (secondary N) is 1. The lowest BCUT2D eigenvalue weighted by Crippen LogP contribution is -2.41. The quantitative estimate of drug-likeness (QED) is 0.759. The Morgan fingerprint density at radius 3 is 2.81 bits per heavy atom. The van der Waals surface area contributed by atoms with Crippen LogP contribution in [0, 0.1) is 0 Å². The number of fused-ring (bicyclic) bond motifs is 1. The molecule has 1 aromatic rings. The molecule has 10 heteroatoms. The first-order valence-corrected chi connectivity index (χ1v) is 10.00.